The van der Waals surface area contributed by atoms with Crippen molar-refractivity contribution in [3.8, 4) is 11.5 Å². The molecule has 0 aliphatic rings. The van der Waals surface area contributed by atoms with Crippen LogP contribution in [0.4, 0.5) is 5.69 Å². The monoisotopic (exact) mass is 505 g/mol. The lowest BCUT2D eigenvalue weighted by Crippen LogP contribution is -2.56. The van der Waals surface area contributed by atoms with Gasteiger partial charge in [-0.05, 0) is 48.6 Å². The predicted molar refractivity (Wildman–Crippen MR) is 124 cm³/mol. The Hall–Kier alpha value is -2.46. The number of carboxylic acid groups (broad SMARTS) is 1. The third kappa shape index (κ3) is 7.03. The molecule has 8 nitrogen and oxygen atoms in total. The van der Waals surface area contributed by atoms with Gasteiger partial charge in [-0.1, -0.05) is 40.9 Å². The summed E-state index contributed by atoms with van der Waals surface area (Å²) in [6.45, 7) is 0. The summed E-state index contributed by atoms with van der Waals surface area (Å²) in [5.41, 5.74) is 0.686. The van der Waals surface area contributed by atoms with Crippen LogP contribution >= 0.6 is 47.0 Å². The van der Waals surface area contributed by atoms with Crippen LogP contribution in [0.1, 0.15) is 20.7 Å². The van der Waals surface area contributed by atoms with Crippen molar-refractivity contribution in [3.63, 3.8) is 0 Å². The molecule has 0 aromatic heterocycles. The first-order chi connectivity index (χ1) is 14.5. The molecule has 0 saturated heterocycles. The smallest absolute Gasteiger partial charge is 0.335 e. The molecule has 166 valence electrons. The van der Waals surface area contributed by atoms with Crippen molar-refractivity contribution in [1.82, 2.24) is 10.6 Å². The molecule has 0 radical (unpaired) electrons. The van der Waals surface area contributed by atoms with Crippen LogP contribution in [0.3, 0.4) is 0 Å². The number of aromatic carboxylic acids is 1. The van der Waals surface area contributed by atoms with E-state index in [-0.39, 0.29) is 16.2 Å². The molecule has 4 N–H and O–H groups in total. The molecule has 31 heavy (non-hydrogen) atoms. The number of carbonyl (C=O) groups is 2. The van der Waals surface area contributed by atoms with E-state index in [1.54, 1.807) is 18.2 Å². The highest BCUT2D eigenvalue weighted by Crippen LogP contribution is 2.30. The summed E-state index contributed by atoms with van der Waals surface area (Å²) in [7, 11) is 2.91. The zero-order chi connectivity index (χ0) is 23.2. The Balaban J connectivity index is 2.13. The van der Waals surface area contributed by atoms with Crippen LogP contribution in [-0.4, -0.2) is 46.3 Å². The van der Waals surface area contributed by atoms with Gasteiger partial charge in [0.25, 0.3) is 5.91 Å². The van der Waals surface area contributed by atoms with Gasteiger partial charge in [-0.3, -0.25) is 4.79 Å². The Kier molecular flexibility index (Phi) is 8.58. The minimum absolute atomic E-state index is 0.00789. The van der Waals surface area contributed by atoms with Gasteiger partial charge in [0.2, 0.25) is 3.79 Å². The van der Waals surface area contributed by atoms with Crippen LogP contribution in [0.5, 0.6) is 11.5 Å². The maximum absolute atomic E-state index is 12.7. The predicted octanol–water partition coefficient (Wildman–Crippen LogP) is 3.81. The van der Waals surface area contributed by atoms with E-state index in [1.807, 2.05) is 0 Å². The fraction of sp³-hybridized carbons (Fsp3) is 0.211. The van der Waals surface area contributed by atoms with Crippen LogP contribution in [0, 0.1) is 0 Å². The number of benzene rings is 2. The maximum Gasteiger partial charge on any atom is 0.335 e. The summed E-state index contributed by atoms with van der Waals surface area (Å²) in [6, 6.07) is 10.5. The van der Waals surface area contributed by atoms with Crippen molar-refractivity contribution >= 4 is 69.7 Å². The number of rotatable bonds is 7. The number of amides is 1. The molecule has 2 aromatic carbocycles. The first-order valence-corrected chi connectivity index (χ1v) is 10.1. The van der Waals surface area contributed by atoms with Crippen molar-refractivity contribution in [2.45, 2.75) is 9.96 Å². The van der Waals surface area contributed by atoms with Gasteiger partial charge in [0.15, 0.2) is 16.6 Å². The lowest BCUT2D eigenvalue weighted by atomic mass is 10.2. The van der Waals surface area contributed by atoms with Gasteiger partial charge in [-0.25, -0.2) is 4.79 Å². The molecule has 12 heteroatoms. The standard InChI is InChI=1S/C19H18Cl3N3O5S/c1-29-13-7-6-10(9-14(13)30-2)15(26)24-17(19(20,21)22)25-18(31)23-12-5-3-4-11(8-12)16(27)28/h3-9,17H,1-2H3,(H,24,26)(H,27,28)(H2,23,25,31)/t17-/m1/s1. The average Bonchev–Trinajstić information content (AvgIpc) is 2.72. The zero-order valence-electron chi connectivity index (χ0n) is 16.2. The summed E-state index contributed by atoms with van der Waals surface area (Å²) in [4.78, 5) is 23.8. The zero-order valence-corrected chi connectivity index (χ0v) is 19.3. The fourth-order valence-corrected chi connectivity index (χ4v) is 2.98. The molecule has 2 rings (SSSR count). The van der Waals surface area contributed by atoms with E-state index in [1.165, 1.54) is 38.5 Å². The number of ether oxygens (including phenoxy) is 2. The van der Waals surface area contributed by atoms with Crippen LogP contribution in [-0.2, 0) is 0 Å². The summed E-state index contributed by atoms with van der Waals surface area (Å²) >= 11 is 23.2. The Morgan fingerprint density at radius 3 is 2.26 bits per heavy atom. The van der Waals surface area contributed by atoms with Gasteiger partial charge in [0, 0.05) is 11.3 Å². The van der Waals surface area contributed by atoms with Crippen molar-refractivity contribution in [1.29, 1.82) is 0 Å². The number of methoxy groups -OCH3 is 2. The SMILES string of the molecule is COc1ccc(C(=O)N[C@H](NC(=S)Nc2cccc(C(=O)O)c2)C(Cl)(Cl)Cl)cc1OC. The number of anilines is 1. The molecular weight excluding hydrogens is 489 g/mol. The topological polar surface area (TPSA) is 109 Å². The number of thiocarbonyl (C=S) groups is 1. The number of alkyl halides is 3. The molecule has 0 aliphatic carbocycles. The van der Waals surface area contributed by atoms with E-state index in [9.17, 15) is 9.59 Å². The van der Waals surface area contributed by atoms with Gasteiger partial charge < -0.3 is 30.5 Å². The second-order valence-electron chi connectivity index (χ2n) is 6.00. The van der Waals surface area contributed by atoms with Crippen LogP contribution in [0.25, 0.3) is 0 Å². The Bertz CT molecular complexity index is 985. The summed E-state index contributed by atoms with van der Waals surface area (Å²) in [6.07, 6.45) is -1.22. The minimum atomic E-state index is -1.97. The third-order valence-corrected chi connectivity index (χ3v) is 4.77. The second-order valence-corrected chi connectivity index (χ2v) is 8.78. The maximum atomic E-state index is 12.7. The molecule has 1 amide bonds. The van der Waals surface area contributed by atoms with E-state index in [0.29, 0.717) is 17.2 Å². The largest absolute Gasteiger partial charge is 0.493 e. The first kappa shape index (κ1) is 24.8. The fourth-order valence-electron chi connectivity index (χ4n) is 2.42. The quantitative estimate of drug-likeness (QED) is 0.255. The molecule has 0 fully saturated rings. The van der Waals surface area contributed by atoms with E-state index in [4.69, 9.17) is 61.6 Å². The van der Waals surface area contributed by atoms with Crippen LogP contribution in [0.15, 0.2) is 42.5 Å². The molecule has 0 unspecified atom stereocenters. The summed E-state index contributed by atoms with van der Waals surface area (Å²) in [5.74, 6) is -0.863. The molecule has 2 aromatic rings. The number of carbonyl (C=O) groups excluding carboxylic acids is 1. The van der Waals surface area contributed by atoms with Crippen molar-refractivity contribution < 1.29 is 24.2 Å². The van der Waals surface area contributed by atoms with E-state index in [0.717, 1.165) is 0 Å². The number of carboxylic acids is 1. The second kappa shape index (κ2) is 10.7. The van der Waals surface area contributed by atoms with Crippen molar-refractivity contribution in [3.05, 3.63) is 53.6 Å². The molecule has 0 heterocycles. The van der Waals surface area contributed by atoms with Gasteiger partial charge in [-0.2, -0.15) is 0 Å². The normalized spacial score (nSPS) is 11.8. The van der Waals surface area contributed by atoms with Gasteiger partial charge in [0.05, 0.1) is 19.8 Å². The van der Waals surface area contributed by atoms with Crippen LogP contribution in [0.2, 0.25) is 0 Å². The lowest BCUT2D eigenvalue weighted by Gasteiger charge is -2.28. The molecule has 0 spiro atoms. The van der Waals surface area contributed by atoms with Gasteiger partial charge >= 0.3 is 5.97 Å². The number of hydrogen-bond acceptors (Lipinski definition) is 5. The summed E-state index contributed by atoms with van der Waals surface area (Å²) in [5, 5.41) is 17.1. The highest BCUT2D eigenvalue weighted by atomic mass is 35.6. The van der Waals surface area contributed by atoms with Crippen molar-refractivity contribution in [2.24, 2.45) is 0 Å². The highest BCUT2D eigenvalue weighted by Gasteiger charge is 2.35. The number of hydrogen-bond donors (Lipinski definition) is 4. The third-order valence-electron chi connectivity index (χ3n) is 3.89. The van der Waals surface area contributed by atoms with Gasteiger partial charge in [0.1, 0.15) is 6.17 Å². The Morgan fingerprint density at radius 2 is 1.68 bits per heavy atom. The highest BCUT2D eigenvalue weighted by molar-refractivity contribution is 7.80. The first-order valence-electron chi connectivity index (χ1n) is 8.55. The Morgan fingerprint density at radius 1 is 1.00 bits per heavy atom. The molecule has 0 saturated carbocycles. The minimum Gasteiger partial charge on any atom is -0.493 e. The molecule has 0 bridgehead atoms. The number of nitrogens with one attached hydrogen (secondary N) is 3. The molecule has 1 atom stereocenters. The molecule has 0 aliphatic heterocycles. The van der Waals surface area contributed by atoms with Crippen LogP contribution < -0.4 is 25.4 Å². The van der Waals surface area contributed by atoms with E-state index >= 15 is 0 Å². The Labute approximate surface area is 198 Å². The lowest BCUT2D eigenvalue weighted by molar-refractivity contribution is 0.0696. The van der Waals surface area contributed by atoms with Crippen molar-refractivity contribution in [2.75, 3.05) is 19.5 Å². The molecular formula is C19H18Cl3N3O5S. The van der Waals surface area contributed by atoms with E-state index in [2.05, 4.69) is 16.0 Å². The average molecular weight is 507 g/mol. The van der Waals surface area contributed by atoms with Gasteiger partial charge in [-0.15, -0.1) is 0 Å². The van der Waals surface area contributed by atoms with E-state index < -0.39 is 21.8 Å². The summed E-state index contributed by atoms with van der Waals surface area (Å²) < 4.78 is 8.36. The number of halogens is 3.